The molecule has 8 nitrogen and oxygen atoms in total. The number of fused-ring (bicyclic) bond motifs is 2. The van der Waals surface area contributed by atoms with Crippen LogP contribution in [-0.2, 0) is 27.1 Å². The second-order valence-corrected chi connectivity index (χ2v) is 12.5. The molecule has 1 N–H and O–H groups in total. The molecule has 1 saturated carbocycles. The number of alkyl halides is 5. The number of hydrogen-bond donors (Lipinski definition) is 1. The molecule has 3 aromatic rings. The average Bonchev–Trinajstić information content (AvgIpc) is 3.09. The van der Waals surface area contributed by atoms with Gasteiger partial charge in [-0.2, -0.15) is 13.2 Å². The first kappa shape index (κ1) is 27.6. The zero-order chi connectivity index (χ0) is 29.6. The lowest BCUT2D eigenvalue weighted by atomic mass is 10.0. The van der Waals surface area contributed by atoms with Crippen molar-refractivity contribution < 1.29 is 36.3 Å². The summed E-state index contributed by atoms with van der Waals surface area (Å²) in [5.41, 5.74) is -0.802. The SMILES string of the molecule is Cc1nc(C(F)(F)F)cc(-c2ccnc3cc(CN4C(=O)C5C(C4=O)C5(C)C)sc23)c1NC(=O)CN1CC(F)(F)C1. The Kier molecular flexibility index (Phi) is 6.06. The molecule has 0 spiro atoms. The van der Waals surface area contributed by atoms with Crippen LogP contribution in [0.4, 0.5) is 27.6 Å². The molecule has 0 bridgehead atoms. The molecule has 14 heteroatoms. The number of aryl methyl sites for hydroxylation is 1. The van der Waals surface area contributed by atoms with Gasteiger partial charge in [0.15, 0.2) is 0 Å². The number of carbonyl (C=O) groups is 3. The Morgan fingerprint density at radius 2 is 1.78 bits per heavy atom. The monoisotopic (exact) mass is 593 g/mol. The topological polar surface area (TPSA) is 95.5 Å². The Labute approximate surface area is 234 Å². The van der Waals surface area contributed by atoms with Gasteiger partial charge >= 0.3 is 6.18 Å². The fraction of sp³-hybridized carbons (Fsp3) is 0.444. The lowest BCUT2D eigenvalue weighted by Crippen LogP contribution is -2.57. The molecule has 3 aliphatic rings. The maximum Gasteiger partial charge on any atom is 0.433 e. The first-order valence-electron chi connectivity index (χ1n) is 12.8. The summed E-state index contributed by atoms with van der Waals surface area (Å²) in [6, 6.07) is 4.02. The van der Waals surface area contributed by atoms with Gasteiger partial charge in [0.1, 0.15) is 5.69 Å². The summed E-state index contributed by atoms with van der Waals surface area (Å²) in [5.74, 6) is -4.70. The van der Waals surface area contributed by atoms with Crippen molar-refractivity contribution in [2.45, 2.75) is 39.4 Å². The first-order chi connectivity index (χ1) is 19.1. The minimum absolute atomic E-state index is 0.0185. The van der Waals surface area contributed by atoms with Crippen LogP contribution in [0.1, 0.15) is 30.1 Å². The highest BCUT2D eigenvalue weighted by atomic mass is 32.1. The third-order valence-corrected chi connectivity index (χ3v) is 9.13. The summed E-state index contributed by atoms with van der Waals surface area (Å²) < 4.78 is 68.2. The largest absolute Gasteiger partial charge is 0.433 e. The van der Waals surface area contributed by atoms with Gasteiger partial charge in [0.05, 0.1) is 59.6 Å². The van der Waals surface area contributed by atoms with E-state index in [1.807, 2.05) is 13.8 Å². The molecule has 2 aliphatic heterocycles. The van der Waals surface area contributed by atoms with Crippen molar-refractivity contribution in [2.24, 2.45) is 17.3 Å². The van der Waals surface area contributed by atoms with Crippen LogP contribution in [0.3, 0.4) is 0 Å². The van der Waals surface area contributed by atoms with Gasteiger partial charge in [-0.05, 0) is 30.5 Å². The van der Waals surface area contributed by atoms with E-state index in [0.717, 1.165) is 6.07 Å². The van der Waals surface area contributed by atoms with Crippen molar-refractivity contribution >= 4 is 45.0 Å². The quantitative estimate of drug-likeness (QED) is 0.329. The molecule has 0 radical (unpaired) electrons. The van der Waals surface area contributed by atoms with Gasteiger partial charge in [-0.15, -0.1) is 11.3 Å². The molecule has 3 fully saturated rings. The standard InChI is InChI=1S/C27H24F5N5O3S/c1-12-21(35-18(38)9-36-10-26(28,29)11-36)15(7-17(34-12)27(30,31)32)14-4-5-33-16-6-13(41-22(14)16)8-37-23(39)19-20(24(37)40)25(19,2)3/h4-7,19-20H,8-11H2,1-3H3,(H,35,38). The normalized spacial score (nSPS) is 23.1. The van der Waals surface area contributed by atoms with Crippen molar-refractivity contribution in [3.05, 3.63) is 40.7 Å². The first-order valence-corrected chi connectivity index (χ1v) is 13.6. The van der Waals surface area contributed by atoms with Gasteiger partial charge in [-0.25, -0.2) is 13.8 Å². The molecule has 0 aromatic carbocycles. The number of likely N-dealkylation sites (tertiary alicyclic amines) is 2. The molecular formula is C27H24F5N5O3S. The van der Waals surface area contributed by atoms with Crippen molar-refractivity contribution in [3.63, 3.8) is 0 Å². The molecule has 2 saturated heterocycles. The van der Waals surface area contributed by atoms with Crippen LogP contribution in [0.25, 0.3) is 21.3 Å². The maximum atomic E-state index is 13.8. The van der Waals surface area contributed by atoms with Crippen molar-refractivity contribution in [2.75, 3.05) is 25.0 Å². The van der Waals surface area contributed by atoms with E-state index in [4.69, 9.17) is 0 Å². The Morgan fingerprint density at radius 3 is 2.39 bits per heavy atom. The zero-order valence-corrected chi connectivity index (χ0v) is 22.9. The molecule has 2 unspecified atom stereocenters. The molecule has 6 rings (SSSR count). The van der Waals surface area contributed by atoms with Gasteiger partial charge in [0.25, 0.3) is 5.92 Å². The second-order valence-electron chi connectivity index (χ2n) is 11.4. The zero-order valence-electron chi connectivity index (χ0n) is 22.1. The van der Waals surface area contributed by atoms with Crippen LogP contribution in [0.2, 0.25) is 0 Å². The predicted octanol–water partition coefficient (Wildman–Crippen LogP) is 4.72. The molecule has 3 aromatic heterocycles. The number of aromatic nitrogens is 2. The van der Waals surface area contributed by atoms with Crippen molar-refractivity contribution in [1.82, 2.24) is 19.8 Å². The van der Waals surface area contributed by atoms with Crippen LogP contribution in [0, 0.1) is 24.2 Å². The smallest absolute Gasteiger partial charge is 0.323 e. The summed E-state index contributed by atoms with van der Waals surface area (Å²) in [5, 5.41) is 2.57. The number of pyridine rings is 2. The number of halogens is 5. The third kappa shape index (κ3) is 4.66. The molecule has 3 amide bonds. The van der Waals surface area contributed by atoms with Crippen LogP contribution in [0.5, 0.6) is 0 Å². The van der Waals surface area contributed by atoms with Gasteiger partial charge in [-0.1, -0.05) is 13.8 Å². The maximum absolute atomic E-state index is 13.8. The van der Waals surface area contributed by atoms with E-state index < -0.39 is 36.8 Å². The average molecular weight is 594 g/mol. The van der Waals surface area contributed by atoms with Gasteiger partial charge < -0.3 is 5.32 Å². The van der Waals surface area contributed by atoms with E-state index in [1.54, 1.807) is 6.07 Å². The number of hydrogen-bond acceptors (Lipinski definition) is 7. The van der Waals surface area contributed by atoms with Gasteiger partial charge in [-0.3, -0.25) is 29.2 Å². The number of anilines is 1. The number of thiophene rings is 1. The number of imide groups is 1. The fourth-order valence-corrected chi connectivity index (χ4v) is 7.01. The summed E-state index contributed by atoms with van der Waals surface area (Å²) in [6.07, 6.45) is -3.36. The number of nitrogens with zero attached hydrogens (tertiary/aromatic N) is 4. The number of nitrogens with one attached hydrogen (secondary N) is 1. The molecule has 5 heterocycles. The van der Waals surface area contributed by atoms with E-state index in [2.05, 4.69) is 15.3 Å². The second kappa shape index (κ2) is 8.99. The van der Waals surface area contributed by atoms with Crippen molar-refractivity contribution in [1.29, 1.82) is 0 Å². The van der Waals surface area contributed by atoms with E-state index >= 15 is 0 Å². The Bertz CT molecular complexity index is 1600. The van der Waals surface area contributed by atoms with Crippen molar-refractivity contribution in [3.8, 4) is 11.1 Å². The lowest BCUT2D eigenvalue weighted by Gasteiger charge is -2.38. The molecule has 1 aliphatic carbocycles. The fourth-order valence-electron chi connectivity index (χ4n) is 5.88. The summed E-state index contributed by atoms with van der Waals surface area (Å²) >= 11 is 1.18. The molecule has 216 valence electrons. The Morgan fingerprint density at radius 1 is 1.12 bits per heavy atom. The Balaban J connectivity index is 1.35. The minimum atomic E-state index is -4.77. The molecule has 2 atom stereocenters. The van der Waals surface area contributed by atoms with E-state index in [-0.39, 0.29) is 59.1 Å². The van der Waals surface area contributed by atoms with Crippen LogP contribution in [-0.4, -0.2) is 63.0 Å². The Hall–Kier alpha value is -3.52. The van der Waals surface area contributed by atoms with E-state index in [0.29, 0.717) is 20.7 Å². The predicted molar refractivity (Wildman–Crippen MR) is 139 cm³/mol. The highest BCUT2D eigenvalue weighted by molar-refractivity contribution is 7.19. The minimum Gasteiger partial charge on any atom is -0.323 e. The van der Waals surface area contributed by atoms with E-state index in [1.165, 1.54) is 40.3 Å². The van der Waals surface area contributed by atoms with Gasteiger partial charge in [0, 0.05) is 22.2 Å². The highest BCUT2D eigenvalue weighted by Crippen LogP contribution is 2.63. The third-order valence-electron chi connectivity index (χ3n) is 7.99. The number of rotatable bonds is 6. The lowest BCUT2D eigenvalue weighted by molar-refractivity contribution is -0.144. The highest BCUT2D eigenvalue weighted by Gasteiger charge is 2.72. The van der Waals surface area contributed by atoms with Crippen LogP contribution < -0.4 is 5.32 Å². The van der Waals surface area contributed by atoms with Crippen LogP contribution in [0.15, 0.2) is 24.4 Å². The van der Waals surface area contributed by atoms with E-state index in [9.17, 15) is 36.3 Å². The summed E-state index contributed by atoms with van der Waals surface area (Å²) in [4.78, 5) is 49.4. The van der Waals surface area contributed by atoms with Gasteiger partial charge in [0.2, 0.25) is 17.7 Å². The summed E-state index contributed by atoms with van der Waals surface area (Å²) in [7, 11) is 0. The number of piperidine rings is 1. The molecular weight excluding hydrogens is 569 g/mol. The number of carbonyl (C=O) groups excluding carboxylic acids is 3. The summed E-state index contributed by atoms with van der Waals surface area (Å²) in [6.45, 7) is 3.58. The number of amides is 3. The van der Waals surface area contributed by atoms with Crippen LogP contribution >= 0.6 is 11.3 Å². The molecule has 41 heavy (non-hydrogen) atoms.